The summed E-state index contributed by atoms with van der Waals surface area (Å²) in [5, 5.41) is 0.654. The van der Waals surface area contributed by atoms with Crippen LogP contribution in [0.3, 0.4) is 0 Å². The standard InChI is InChI=1S/C14H18ClNO2/c1-17-12-8-9(15)7-11(14(16)5-2-6-14)13(12)18-10-3-4-10/h7-8,10H,2-6,16H2,1H3. The molecule has 0 spiro atoms. The number of ether oxygens (including phenoxy) is 2. The quantitative estimate of drug-likeness (QED) is 0.911. The molecule has 3 rings (SSSR count). The molecule has 2 fully saturated rings. The zero-order valence-electron chi connectivity index (χ0n) is 10.5. The fourth-order valence-electron chi connectivity index (χ4n) is 2.39. The summed E-state index contributed by atoms with van der Waals surface area (Å²) in [5.41, 5.74) is 7.13. The van der Waals surface area contributed by atoms with Crippen molar-refractivity contribution in [3.05, 3.63) is 22.7 Å². The minimum atomic E-state index is -0.289. The van der Waals surface area contributed by atoms with Crippen molar-refractivity contribution in [1.29, 1.82) is 0 Å². The molecule has 0 heterocycles. The highest BCUT2D eigenvalue weighted by atomic mass is 35.5. The van der Waals surface area contributed by atoms with E-state index in [4.69, 9.17) is 26.8 Å². The molecule has 0 amide bonds. The molecule has 0 saturated heterocycles. The topological polar surface area (TPSA) is 44.5 Å². The molecule has 0 aliphatic heterocycles. The van der Waals surface area contributed by atoms with Crippen LogP contribution >= 0.6 is 11.6 Å². The van der Waals surface area contributed by atoms with Crippen LogP contribution in [-0.2, 0) is 5.54 Å². The first-order valence-corrected chi connectivity index (χ1v) is 6.84. The fraction of sp³-hybridized carbons (Fsp3) is 0.571. The Balaban J connectivity index is 2.05. The molecule has 18 heavy (non-hydrogen) atoms. The maximum atomic E-state index is 6.42. The monoisotopic (exact) mass is 267 g/mol. The average Bonchev–Trinajstić information content (AvgIpc) is 3.11. The van der Waals surface area contributed by atoms with Crippen molar-refractivity contribution in [3.63, 3.8) is 0 Å². The van der Waals surface area contributed by atoms with Gasteiger partial charge in [0, 0.05) is 22.2 Å². The molecule has 0 unspecified atom stereocenters. The normalized spacial score (nSPS) is 21.3. The first kappa shape index (κ1) is 12.1. The van der Waals surface area contributed by atoms with E-state index in [0.717, 1.165) is 43.4 Å². The molecule has 1 aromatic rings. The summed E-state index contributed by atoms with van der Waals surface area (Å²) in [6, 6.07) is 3.73. The number of halogens is 1. The zero-order chi connectivity index (χ0) is 12.8. The van der Waals surface area contributed by atoms with Gasteiger partial charge in [0.25, 0.3) is 0 Å². The van der Waals surface area contributed by atoms with Gasteiger partial charge in [0.15, 0.2) is 11.5 Å². The highest BCUT2D eigenvalue weighted by molar-refractivity contribution is 6.30. The summed E-state index contributed by atoms with van der Waals surface area (Å²) in [6.07, 6.45) is 5.68. The molecule has 0 aromatic heterocycles. The van der Waals surface area contributed by atoms with Gasteiger partial charge in [-0.2, -0.15) is 0 Å². The maximum Gasteiger partial charge on any atom is 0.166 e. The third-order valence-electron chi connectivity index (χ3n) is 3.83. The third kappa shape index (κ3) is 2.06. The van der Waals surface area contributed by atoms with Crippen molar-refractivity contribution in [2.75, 3.05) is 7.11 Å². The Hall–Kier alpha value is -0.930. The van der Waals surface area contributed by atoms with Gasteiger partial charge in [-0.05, 0) is 38.2 Å². The molecule has 0 bridgehead atoms. The molecule has 3 nitrogen and oxygen atoms in total. The number of benzene rings is 1. The van der Waals surface area contributed by atoms with Crippen LogP contribution in [0.1, 0.15) is 37.7 Å². The Bertz CT molecular complexity index is 467. The van der Waals surface area contributed by atoms with Gasteiger partial charge < -0.3 is 15.2 Å². The Morgan fingerprint density at radius 2 is 2.06 bits per heavy atom. The van der Waals surface area contributed by atoms with E-state index in [1.54, 1.807) is 13.2 Å². The molecule has 4 heteroatoms. The van der Waals surface area contributed by atoms with Crippen LogP contribution in [0.5, 0.6) is 11.5 Å². The van der Waals surface area contributed by atoms with Gasteiger partial charge in [-0.1, -0.05) is 11.6 Å². The lowest BCUT2D eigenvalue weighted by Gasteiger charge is -2.39. The van der Waals surface area contributed by atoms with Gasteiger partial charge in [-0.3, -0.25) is 0 Å². The summed E-state index contributed by atoms with van der Waals surface area (Å²) in [4.78, 5) is 0. The summed E-state index contributed by atoms with van der Waals surface area (Å²) < 4.78 is 11.4. The van der Waals surface area contributed by atoms with Crippen molar-refractivity contribution in [2.24, 2.45) is 5.73 Å². The Morgan fingerprint density at radius 3 is 2.56 bits per heavy atom. The summed E-state index contributed by atoms with van der Waals surface area (Å²) in [6.45, 7) is 0. The molecule has 2 aliphatic rings. The number of hydrogen-bond donors (Lipinski definition) is 1. The summed E-state index contributed by atoms with van der Waals surface area (Å²) >= 11 is 6.15. The SMILES string of the molecule is COc1cc(Cl)cc(C2(N)CCC2)c1OC1CC1. The number of methoxy groups -OCH3 is 1. The molecule has 0 radical (unpaired) electrons. The van der Waals surface area contributed by atoms with E-state index in [9.17, 15) is 0 Å². The van der Waals surface area contributed by atoms with Crippen molar-refractivity contribution in [3.8, 4) is 11.5 Å². The first-order chi connectivity index (χ1) is 8.62. The van der Waals surface area contributed by atoms with Crippen molar-refractivity contribution >= 4 is 11.6 Å². The van der Waals surface area contributed by atoms with E-state index in [1.165, 1.54) is 0 Å². The van der Waals surface area contributed by atoms with E-state index >= 15 is 0 Å². The van der Waals surface area contributed by atoms with Crippen LogP contribution in [0.25, 0.3) is 0 Å². The maximum absolute atomic E-state index is 6.42. The Kier molecular flexibility index (Phi) is 2.91. The van der Waals surface area contributed by atoms with Gasteiger partial charge in [0.2, 0.25) is 0 Å². The van der Waals surface area contributed by atoms with Gasteiger partial charge in [0.1, 0.15) is 0 Å². The van der Waals surface area contributed by atoms with Crippen molar-refractivity contribution in [1.82, 2.24) is 0 Å². The molecular formula is C14H18ClNO2. The van der Waals surface area contributed by atoms with E-state index < -0.39 is 0 Å². The molecule has 2 N–H and O–H groups in total. The van der Waals surface area contributed by atoms with Crippen LogP contribution in [0.4, 0.5) is 0 Å². The number of rotatable bonds is 4. The second kappa shape index (κ2) is 4.32. The fourth-order valence-corrected chi connectivity index (χ4v) is 2.60. The second-order valence-corrected chi connectivity index (χ2v) is 5.75. The third-order valence-corrected chi connectivity index (χ3v) is 4.05. The van der Waals surface area contributed by atoms with Crippen molar-refractivity contribution in [2.45, 2.75) is 43.7 Å². The minimum Gasteiger partial charge on any atom is -0.493 e. The van der Waals surface area contributed by atoms with E-state index in [2.05, 4.69) is 0 Å². The predicted octanol–water partition coefficient (Wildman–Crippen LogP) is 3.23. The Labute approximate surface area is 112 Å². The van der Waals surface area contributed by atoms with E-state index in [-0.39, 0.29) is 5.54 Å². The van der Waals surface area contributed by atoms with Gasteiger partial charge in [-0.25, -0.2) is 0 Å². The number of hydrogen-bond acceptors (Lipinski definition) is 3. The lowest BCUT2D eigenvalue weighted by molar-refractivity contribution is 0.225. The Morgan fingerprint density at radius 1 is 1.33 bits per heavy atom. The molecule has 1 aromatic carbocycles. The molecule has 2 saturated carbocycles. The predicted molar refractivity (Wildman–Crippen MR) is 71.4 cm³/mol. The smallest absolute Gasteiger partial charge is 0.166 e. The second-order valence-electron chi connectivity index (χ2n) is 5.31. The van der Waals surface area contributed by atoms with Crippen LogP contribution < -0.4 is 15.2 Å². The largest absolute Gasteiger partial charge is 0.493 e. The summed E-state index contributed by atoms with van der Waals surface area (Å²) in [7, 11) is 1.64. The van der Waals surface area contributed by atoms with E-state index in [0.29, 0.717) is 16.9 Å². The first-order valence-electron chi connectivity index (χ1n) is 6.46. The lowest BCUT2D eigenvalue weighted by Crippen LogP contribution is -2.43. The van der Waals surface area contributed by atoms with Crippen LogP contribution in [0.2, 0.25) is 5.02 Å². The molecule has 0 atom stereocenters. The lowest BCUT2D eigenvalue weighted by atomic mass is 9.72. The van der Waals surface area contributed by atoms with Crippen LogP contribution in [0.15, 0.2) is 12.1 Å². The highest BCUT2D eigenvalue weighted by Gasteiger charge is 2.39. The average molecular weight is 268 g/mol. The summed E-state index contributed by atoms with van der Waals surface area (Å²) in [5.74, 6) is 1.49. The minimum absolute atomic E-state index is 0.289. The van der Waals surface area contributed by atoms with Crippen molar-refractivity contribution < 1.29 is 9.47 Å². The van der Waals surface area contributed by atoms with Gasteiger partial charge in [-0.15, -0.1) is 0 Å². The highest BCUT2D eigenvalue weighted by Crippen LogP contribution is 2.48. The van der Waals surface area contributed by atoms with Gasteiger partial charge in [0.05, 0.1) is 13.2 Å². The molecular weight excluding hydrogens is 250 g/mol. The molecule has 2 aliphatic carbocycles. The number of nitrogens with two attached hydrogens (primary N) is 1. The molecule has 98 valence electrons. The van der Waals surface area contributed by atoms with Crippen LogP contribution in [-0.4, -0.2) is 13.2 Å². The zero-order valence-corrected chi connectivity index (χ0v) is 11.3. The van der Waals surface area contributed by atoms with Crippen LogP contribution in [0, 0.1) is 0 Å². The van der Waals surface area contributed by atoms with E-state index in [1.807, 2.05) is 6.07 Å². The van der Waals surface area contributed by atoms with Gasteiger partial charge >= 0.3 is 0 Å².